The summed E-state index contributed by atoms with van der Waals surface area (Å²) in [5.41, 5.74) is 1.29. The molecule has 1 aromatic rings. The predicted molar refractivity (Wildman–Crippen MR) is 108 cm³/mol. The van der Waals surface area contributed by atoms with Crippen LogP contribution in [0.3, 0.4) is 0 Å². The van der Waals surface area contributed by atoms with Crippen LogP contribution in [0.5, 0.6) is 5.75 Å². The summed E-state index contributed by atoms with van der Waals surface area (Å²) in [6, 6.07) is 8.07. The van der Waals surface area contributed by atoms with Crippen molar-refractivity contribution in [3.8, 4) is 5.75 Å². The van der Waals surface area contributed by atoms with Crippen LogP contribution in [0.15, 0.2) is 36.9 Å². The summed E-state index contributed by atoms with van der Waals surface area (Å²) in [4.78, 5) is 14.8. The molecule has 1 N–H and O–H groups in total. The van der Waals surface area contributed by atoms with Gasteiger partial charge < -0.3 is 10.1 Å². The molecule has 0 aromatic heterocycles. The van der Waals surface area contributed by atoms with Gasteiger partial charge in [-0.2, -0.15) is 0 Å². The summed E-state index contributed by atoms with van der Waals surface area (Å²) in [7, 11) is 2.02. The third kappa shape index (κ3) is 4.37. The zero-order valence-electron chi connectivity index (χ0n) is 16.5. The highest BCUT2D eigenvalue weighted by molar-refractivity contribution is 5.79. The van der Waals surface area contributed by atoms with Gasteiger partial charge >= 0.3 is 0 Å². The van der Waals surface area contributed by atoms with Gasteiger partial charge in [0.25, 0.3) is 0 Å². The number of hydrogen-bond acceptors (Lipinski definition) is 3. The first-order valence-electron chi connectivity index (χ1n) is 10.4. The standard InChI is InChI=1S/C23H32N2O2/c1-3-8-27-21-6-4-17(5-7-21)15-25(2)16-22(26)24-23-12-18-9-19(13-23)11-20(10-18)14-23/h3-7,18-20H,1,8-16H2,2H3,(H,24,26). The lowest BCUT2D eigenvalue weighted by atomic mass is 9.53. The Morgan fingerprint density at radius 1 is 1.19 bits per heavy atom. The molecule has 4 aliphatic rings. The summed E-state index contributed by atoms with van der Waals surface area (Å²) >= 11 is 0. The van der Waals surface area contributed by atoms with Gasteiger partial charge in [0.05, 0.1) is 6.54 Å². The quantitative estimate of drug-likeness (QED) is 0.710. The Labute approximate surface area is 163 Å². The van der Waals surface area contributed by atoms with Gasteiger partial charge in [-0.05, 0) is 81.0 Å². The number of carbonyl (C=O) groups is 1. The maximum Gasteiger partial charge on any atom is 0.234 e. The molecular weight excluding hydrogens is 336 g/mol. The molecule has 0 heterocycles. The van der Waals surface area contributed by atoms with Gasteiger partial charge in [0, 0.05) is 12.1 Å². The highest BCUT2D eigenvalue weighted by Gasteiger charge is 2.51. The normalized spacial score (nSPS) is 31.1. The van der Waals surface area contributed by atoms with Crippen LogP contribution in [0.2, 0.25) is 0 Å². The van der Waals surface area contributed by atoms with Gasteiger partial charge in [-0.25, -0.2) is 0 Å². The van der Waals surface area contributed by atoms with Crippen molar-refractivity contribution in [1.82, 2.24) is 10.2 Å². The van der Waals surface area contributed by atoms with Crippen molar-refractivity contribution in [2.75, 3.05) is 20.2 Å². The monoisotopic (exact) mass is 368 g/mol. The van der Waals surface area contributed by atoms with E-state index >= 15 is 0 Å². The summed E-state index contributed by atoms with van der Waals surface area (Å²) in [5.74, 6) is 3.61. The molecule has 1 aromatic carbocycles. The first-order valence-corrected chi connectivity index (χ1v) is 10.4. The molecule has 0 saturated heterocycles. The summed E-state index contributed by atoms with van der Waals surface area (Å²) in [6.07, 6.45) is 9.58. The first-order chi connectivity index (χ1) is 13.0. The fraction of sp³-hybridized carbons (Fsp3) is 0.609. The second-order valence-electron chi connectivity index (χ2n) is 9.16. The van der Waals surface area contributed by atoms with Crippen LogP contribution in [0.1, 0.15) is 44.1 Å². The molecule has 1 amide bonds. The van der Waals surface area contributed by atoms with Crippen molar-refractivity contribution in [1.29, 1.82) is 0 Å². The molecule has 27 heavy (non-hydrogen) atoms. The average molecular weight is 369 g/mol. The number of nitrogens with zero attached hydrogens (tertiary/aromatic N) is 1. The van der Waals surface area contributed by atoms with E-state index < -0.39 is 0 Å². The fourth-order valence-corrected chi connectivity index (χ4v) is 6.06. The minimum atomic E-state index is 0.108. The second kappa shape index (κ2) is 7.67. The van der Waals surface area contributed by atoms with Crippen molar-refractivity contribution in [2.24, 2.45) is 17.8 Å². The van der Waals surface area contributed by atoms with Gasteiger partial charge in [-0.3, -0.25) is 9.69 Å². The highest BCUT2D eigenvalue weighted by atomic mass is 16.5. The zero-order valence-corrected chi connectivity index (χ0v) is 16.5. The van der Waals surface area contributed by atoms with E-state index in [2.05, 4.69) is 28.9 Å². The third-order valence-corrected chi connectivity index (χ3v) is 6.60. The van der Waals surface area contributed by atoms with E-state index in [4.69, 9.17) is 4.74 Å². The number of benzene rings is 1. The predicted octanol–water partition coefficient (Wildman–Crippen LogP) is 3.77. The minimum Gasteiger partial charge on any atom is -0.490 e. The van der Waals surface area contributed by atoms with Crippen LogP contribution in [-0.4, -0.2) is 36.5 Å². The van der Waals surface area contributed by atoms with E-state index in [1.807, 2.05) is 19.2 Å². The maximum absolute atomic E-state index is 12.7. The number of hydrogen-bond donors (Lipinski definition) is 1. The molecule has 5 rings (SSSR count). The SMILES string of the molecule is C=CCOc1ccc(CN(C)CC(=O)NC23CC4CC(CC(C4)C2)C3)cc1. The molecule has 4 saturated carbocycles. The number of likely N-dealkylation sites (N-methyl/N-ethyl adjacent to an activating group) is 1. The molecular formula is C23H32N2O2. The maximum atomic E-state index is 12.7. The summed E-state index contributed by atoms with van der Waals surface area (Å²) in [6.45, 7) is 5.39. The molecule has 0 aliphatic heterocycles. The topological polar surface area (TPSA) is 41.6 Å². The van der Waals surface area contributed by atoms with Crippen molar-refractivity contribution in [3.63, 3.8) is 0 Å². The molecule has 146 valence electrons. The largest absolute Gasteiger partial charge is 0.490 e. The Balaban J connectivity index is 1.27. The molecule has 0 spiro atoms. The Kier molecular flexibility index (Phi) is 5.27. The van der Waals surface area contributed by atoms with E-state index in [0.29, 0.717) is 13.2 Å². The zero-order chi connectivity index (χ0) is 18.9. The average Bonchev–Trinajstić information content (AvgIpc) is 2.59. The minimum absolute atomic E-state index is 0.108. The van der Waals surface area contributed by atoms with Gasteiger partial charge in [0.2, 0.25) is 5.91 Å². The number of nitrogens with one attached hydrogen (secondary N) is 1. The van der Waals surface area contributed by atoms with E-state index in [9.17, 15) is 4.79 Å². The molecule has 0 atom stereocenters. The molecule has 4 heteroatoms. The lowest BCUT2D eigenvalue weighted by Gasteiger charge is -2.57. The first kappa shape index (κ1) is 18.5. The fourth-order valence-electron chi connectivity index (χ4n) is 6.06. The van der Waals surface area contributed by atoms with Crippen LogP contribution < -0.4 is 10.1 Å². The molecule has 0 unspecified atom stereocenters. The van der Waals surface area contributed by atoms with Crippen molar-refractivity contribution >= 4 is 5.91 Å². The van der Waals surface area contributed by atoms with Crippen LogP contribution >= 0.6 is 0 Å². The lowest BCUT2D eigenvalue weighted by molar-refractivity contribution is -0.127. The van der Waals surface area contributed by atoms with E-state index in [1.165, 1.54) is 44.1 Å². The summed E-state index contributed by atoms with van der Waals surface area (Å²) in [5, 5.41) is 3.46. The van der Waals surface area contributed by atoms with Crippen LogP contribution in [0.25, 0.3) is 0 Å². The van der Waals surface area contributed by atoms with E-state index in [-0.39, 0.29) is 11.4 Å². The molecule has 4 aliphatic carbocycles. The number of ether oxygens (including phenoxy) is 1. The number of amides is 1. The van der Waals surface area contributed by atoms with Crippen LogP contribution in [-0.2, 0) is 11.3 Å². The number of carbonyl (C=O) groups excluding carboxylic acids is 1. The van der Waals surface area contributed by atoms with Crippen LogP contribution in [0.4, 0.5) is 0 Å². The van der Waals surface area contributed by atoms with Gasteiger partial charge in [-0.15, -0.1) is 0 Å². The Hall–Kier alpha value is -1.81. The third-order valence-electron chi connectivity index (χ3n) is 6.60. The smallest absolute Gasteiger partial charge is 0.234 e. The van der Waals surface area contributed by atoms with E-state index in [1.54, 1.807) is 6.08 Å². The summed E-state index contributed by atoms with van der Waals surface area (Å²) < 4.78 is 5.52. The number of rotatable bonds is 8. The van der Waals surface area contributed by atoms with Gasteiger partial charge in [-0.1, -0.05) is 24.8 Å². The van der Waals surface area contributed by atoms with Gasteiger partial charge in [0.15, 0.2) is 0 Å². The van der Waals surface area contributed by atoms with E-state index in [0.717, 1.165) is 30.0 Å². The highest BCUT2D eigenvalue weighted by Crippen LogP contribution is 2.55. The van der Waals surface area contributed by atoms with Crippen molar-refractivity contribution < 1.29 is 9.53 Å². The Bertz CT molecular complexity index is 647. The lowest BCUT2D eigenvalue weighted by Crippen LogP contribution is -2.60. The molecule has 0 radical (unpaired) electrons. The van der Waals surface area contributed by atoms with Gasteiger partial charge in [0.1, 0.15) is 12.4 Å². The van der Waals surface area contributed by atoms with Crippen molar-refractivity contribution in [2.45, 2.75) is 50.6 Å². The molecule has 4 nitrogen and oxygen atoms in total. The van der Waals surface area contributed by atoms with Crippen molar-refractivity contribution in [3.05, 3.63) is 42.5 Å². The molecule has 4 bridgehead atoms. The Morgan fingerprint density at radius 2 is 1.78 bits per heavy atom. The molecule has 4 fully saturated rings. The van der Waals surface area contributed by atoms with Crippen LogP contribution in [0, 0.1) is 17.8 Å². The Morgan fingerprint density at radius 3 is 2.33 bits per heavy atom. The second-order valence-corrected chi connectivity index (χ2v) is 9.16.